The van der Waals surface area contributed by atoms with Crippen LogP contribution < -0.4 is 16.0 Å². The number of para-hydroxylation sites is 1. The van der Waals surface area contributed by atoms with E-state index in [-0.39, 0.29) is 5.91 Å². The minimum absolute atomic E-state index is 0.269. The molecule has 11 heteroatoms. The van der Waals surface area contributed by atoms with E-state index >= 15 is 0 Å². The Morgan fingerprint density at radius 3 is 2.39 bits per heavy atom. The summed E-state index contributed by atoms with van der Waals surface area (Å²) in [6, 6.07) is 20.7. The minimum atomic E-state index is -0.453. The van der Waals surface area contributed by atoms with Crippen molar-refractivity contribution in [3.63, 3.8) is 0 Å². The lowest BCUT2D eigenvalue weighted by atomic mass is 10.2. The van der Waals surface area contributed by atoms with Crippen LogP contribution in [0.25, 0.3) is 11.4 Å². The molecule has 0 aliphatic carbocycles. The lowest BCUT2D eigenvalue weighted by molar-refractivity contribution is 0.102. The molecule has 3 N–H and O–H groups in total. The van der Waals surface area contributed by atoms with E-state index in [1.165, 1.54) is 12.5 Å². The molecule has 0 saturated heterocycles. The summed E-state index contributed by atoms with van der Waals surface area (Å²) in [6.07, 6.45) is 6.21. The third-order valence-corrected chi connectivity index (χ3v) is 5.47. The van der Waals surface area contributed by atoms with Crippen LogP contribution in [0.2, 0.25) is 5.02 Å². The molecule has 0 spiro atoms. The molecule has 178 valence electrons. The second-order valence-electron chi connectivity index (χ2n) is 7.62. The summed E-state index contributed by atoms with van der Waals surface area (Å²) < 4.78 is 3.19. The number of carbonyl (C=O) groups is 2. The molecule has 10 nitrogen and oxygen atoms in total. The number of benzene rings is 3. The minimum Gasteiger partial charge on any atom is -0.322 e. The number of halogens is 1. The highest BCUT2D eigenvalue weighted by molar-refractivity contribution is 6.33. The van der Waals surface area contributed by atoms with Gasteiger partial charge in [0, 0.05) is 11.3 Å². The Morgan fingerprint density at radius 2 is 1.61 bits per heavy atom. The van der Waals surface area contributed by atoms with Gasteiger partial charge in [-0.15, -0.1) is 0 Å². The number of aromatic nitrogens is 5. The van der Waals surface area contributed by atoms with Gasteiger partial charge >= 0.3 is 6.03 Å². The summed E-state index contributed by atoms with van der Waals surface area (Å²) in [7, 11) is 0. The highest BCUT2D eigenvalue weighted by Crippen LogP contribution is 2.21. The van der Waals surface area contributed by atoms with Gasteiger partial charge in [0.2, 0.25) is 0 Å². The first-order chi connectivity index (χ1) is 17.5. The van der Waals surface area contributed by atoms with Gasteiger partial charge in [0.1, 0.15) is 12.7 Å². The van der Waals surface area contributed by atoms with Gasteiger partial charge < -0.3 is 16.0 Å². The highest BCUT2D eigenvalue weighted by Gasteiger charge is 2.11. The lowest BCUT2D eigenvalue weighted by Gasteiger charge is -2.08. The second kappa shape index (κ2) is 10.1. The maximum absolute atomic E-state index is 12.8. The van der Waals surface area contributed by atoms with Crippen molar-refractivity contribution in [3.05, 3.63) is 108 Å². The molecule has 2 heterocycles. The van der Waals surface area contributed by atoms with Gasteiger partial charge in [-0.05, 0) is 54.6 Å². The van der Waals surface area contributed by atoms with Crippen molar-refractivity contribution in [1.29, 1.82) is 0 Å². The van der Waals surface area contributed by atoms with Gasteiger partial charge in [-0.25, -0.2) is 19.1 Å². The topological polar surface area (TPSA) is 119 Å². The van der Waals surface area contributed by atoms with E-state index in [9.17, 15) is 9.59 Å². The Morgan fingerprint density at radius 1 is 0.778 bits per heavy atom. The van der Waals surface area contributed by atoms with Crippen LogP contribution in [0.1, 0.15) is 10.4 Å². The van der Waals surface area contributed by atoms with Gasteiger partial charge in [0.05, 0.1) is 40.2 Å². The normalized spacial score (nSPS) is 10.6. The van der Waals surface area contributed by atoms with Crippen molar-refractivity contribution in [2.75, 3.05) is 16.0 Å². The number of hydrogen-bond acceptors (Lipinski definition) is 5. The van der Waals surface area contributed by atoms with Crippen molar-refractivity contribution < 1.29 is 9.59 Å². The Labute approximate surface area is 210 Å². The van der Waals surface area contributed by atoms with Crippen LogP contribution in [-0.4, -0.2) is 36.5 Å². The molecule has 0 aliphatic rings. The third-order valence-electron chi connectivity index (χ3n) is 5.14. The van der Waals surface area contributed by atoms with E-state index in [0.717, 1.165) is 5.69 Å². The first-order valence-electron chi connectivity index (χ1n) is 10.8. The van der Waals surface area contributed by atoms with Crippen LogP contribution in [0.15, 0.2) is 97.8 Å². The van der Waals surface area contributed by atoms with Crippen LogP contribution in [0.5, 0.6) is 0 Å². The van der Waals surface area contributed by atoms with Crippen LogP contribution in [-0.2, 0) is 0 Å². The molecule has 0 bridgehead atoms. The molecule has 0 fully saturated rings. The van der Waals surface area contributed by atoms with Crippen molar-refractivity contribution in [2.24, 2.45) is 0 Å². The van der Waals surface area contributed by atoms with Gasteiger partial charge in [0.15, 0.2) is 0 Å². The molecule has 0 unspecified atom stereocenters. The Hall–Kier alpha value is -4.96. The molecular formula is C25H19ClN8O2. The van der Waals surface area contributed by atoms with E-state index in [1.54, 1.807) is 76.5 Å². The van der Waals surface area contributed by atoms with E-state index in [4.69, 9.17) is 11.6 Å². The van der Waals surface area contributed by atoms with Gasteiger partial charge in [0.25, 0.3) is 5.91 Å². The molecule has 36 heavy (non-hydrogen) atoms. The largest absolute Gasteiger partial charge is 0.323 e. The Bertz CT molecular complexity index is 1510. The van der Waals surface area contributed by atoms with Crippen molar-refractivity contribution in [2.45, 2.75) is 0 Å². The zero-order valence-corrected chi connectivity index (χ0v) is 19.4. The van der Waals surface area contributed by atoms with Crippen LogP contribution >= 0.6 is 11.6 Å². The smallest absolute Gasteiger partial charge is 0.322 e. The quantitative estimate of drug-likeness (QED) is 0.304. The summed E-state index contributed by atoms with van der Waals surface area (Å²) in [4.78, 5) is 29.0. The molecule has 0 aliphatic heterocycles. The van der Waals surface area contributed by atoms with E-state index in [2.05, 4.69) is 31.1 Å². The van der Waals surface area contributed by atoms with Gasteiger partial charge in [-0.2, -0.15) is 10.2 Å². The van der Waals surface area contributed by atoms with Crippen molar-refractivity contribution in [1.82, 2.24) is 24.5 Å². The number of nitrogens with zero attached hydrogens (tertiary/aromatic N) is 5. The zero-order valence-electron chi connectivity index (χ0n) is 18.7. The molecule has 0 atom stereocenters. The molecule has 3 aromatic carbocycles. The van der Waals surface area contributed by atoms with E-state index < -0.39 is 6.03 Å². The summed E-state index contributed by atoms with van der Waals surface area (Å²) in [5.41, 5.74) is 3.55. The molecule has 0 saturated carbocycles. The first-order valence-corrected chi connectivity index (χ1v) is 11.2. The summed E-state index contributed by atoms with van der Waals surface area (Å²) in [5, 5.41) is 17.1. The zero-order chi connectivity index (χ0) is 24.9. The summed E-state index contributed by atoms with van der Waals surface area (Å²) in [5.74, 6) is -0.269. The maximum Gasteiger partial charge on any atom is 0.323 e. The summed E-state index contributed by atoms with van der Waals surface area (Å²) >= 11 is 6.08. The van der Waals surface area contributed by atoms with E-state index in [1.807, 2.05) is 18.2 Å². The molecule has 5 aromatic rings. The Kier molecular flexibility index (Phi) is 6.41. The average Bonchev–Trinajstić information content (AvgIpc) is 3.59. The number of nitrogens with one attached hydrogen (secondary N) is 3. The third kappa shape index (κ3) is 5.24. The Balaban J connectivity index is 1.24. The maximum atomic E-state index is 12.8. The number of rotatable bonds is 6. The fraction of sp³-hybridized carbons (Fsp3) is 0. The number of anilines is 3. The van der Waals surface area contributed by atoms with Crippen molar-refractivity contribution >= 4 is 40.6 Å². The fourth-order valence-electron chi connectivity index (χ4n) is 3.41. The molecular weight excluding hydrogens is 480 g/mol. The number of hydrogen-bond donors (Lipinski definition) is 3. The average molecular weight is 499 g/mol. The van der Waals surface area contributed by atoms with Crippen LogP contribution in [0, 0.1) is 0 Å². The lowest BCUT2D eigenvalue weighted by Crippen LogP contribution is -2.19. The number of carbonyl (C=O) groups excluding carboxylic acids is 2. The standard InChI is InChI=1S/C25H19ClN8O2/c26-22-6-1-2-7-23(22)32-25(36)31-19-13-28-33(14-19)21-5-3-4-17(12-21)24(35)30-18-8-10-20(11-9-18)34-16-27-15-29-34/h1-16H,(H,30,35)(H2,31,32,36). The van der Waals surface area contributed by atoms with Gasteiger partial charge in [-0.3, -0.25) is 4.79 Å². The first kappa shape index (κ1) is 22.8. The van der Waals surface area contributed by atoms with Gasteiger partial charge in [-0.1, -0.05) is 29.8 Å². The molecule has 0 radical (unpaired) electrons. The molecule has 2 aromatic heterocycles. The fourth-order valence-corrected chi connectivity index (χ4v) is 3.59. The SMILES string of the molecule is O=C(Nc1cnn(-c2cccc(C(=O)Nc3ccc(-n4cncn4)cc3)c2)c1)Nc1ccccc1Cl. The number of amides is 3. The monoisotopic (exact) mass is 498 g/mol. The second-order valence-corrected chi connectivity index (χ2v) is 8.03. The summed E-state index contributed by atoms with van der Waals surface area (Å²) in [6.45, 7) is 0. The van der Waals surface area contributed by atoms with E-state index in [0.29, 0.717) is 33.3 Å². The highest BCUT2D eigenvalue weighted by atomic mass is 35.5. The predicted octanol–water partition coefficient (Wildman–Crippen LogP) is 5.00. The van der Waals surface area contributed by atoms with Crippen LogP contribution in [0.4, 0.5) is 21.9 Å². The number of urea groups is 1. The van der Waals surface area contributed by atoms with Crippen LogP contribution in [0.3, 0.4) is 0 Å². The predicted molar refractivity (Wildman–Crippen MR) is 137 cm³/mol. The molecule has 3 amide bonds. The molecule has 5 rings (SSSR count). The van der Waals surface area contributed by atoms with Crippen molar-refractivity contribution in [3.8, 4) is 11.4 Å².